The van der Waals surface area contributed by atoms with Crippen LogP contribution in [0.5, 0.6) is 0 Å². The van der Waals surface area contributed by atoms with Crippen LogP contribution in [0.3, 0.4) is 0 Å². The Balaban J connectivity index is 1.33. The van der Waals surface area contributed by atoms with Crippen molar-refractivity contribution in [3.8, 4) is 0 Å². The van der Waals surface area contributed by atoms with Crippen LogP contribution in [0.15, 0.2) is 40.1 Å². The summed E-state index contributed by atoms with van der Waals surface area (Å²) in [6, 6.07) is 6.97. The Morgan fingerprint density at radius 1 is 1.19 bits per heavy atom. The van der Waals surface area contributed by atoms with E-state index in [1.54, 1.807) is 22.5 Å². The number of thiazole rings is 1. The van der Waals surface area contributed by atoms with Gasteiger partial charge in [-0.1, -0.05) is 17.4 Å². The minimum Gasteiger partial charge on any atom is -0.344 e. The van der Waals surface area contributed by atoms with Gasteiger partial charge in [-0.05, 0) is 23.6 Å². The first-order chi connectivity index (χ1) is 13.0. The number of pyridine rings is 1. The summed E-state index contributed by atoms with van der Waals surface area (Å²) in [5.41, 5.74) is 0.874. The number of carbonyl (C=O) groups excluding carboxylic acids is 1. The van der Waals surface area contributed by atoms with Crippen LogP contribution in [0.25, 0.3) is 10.3 Å². The lowest BCUT2D eigenvalue weighted by Gasteiger charge is -2.34. The second-order valence-corrected chi connectivity index (χ2v) is 9.85. The van der Waals surface area contributed by atoms with Crippen molar-refractivity contribution < 1.29 is 13.2 Å². The average molecular weight is 424 g/mol. The van der Waals surface area contributed by atoms with E-state index in [4.69, 9.17) is 0 Å². The summed E-state index contributed by atoms with van der Waals surface area (Å²) in [5.74, 6) is -0.222. The maximum atomic E-state index is 12.4. The lowest BCUT2D eigenvalue weighted by Crippen LogP contribution is -2.51. The lowest BCUT2D eigenvalue weighted by molar-refractivity contribution is -0.130. The molecule has 0 spiro atoms. The molecule has 4 heterocycles. The van der Waals surface area contributed by atoms with Crippen molar-refractivity contribution >= 4 is 54.1 Å². The number of hydrogen-bond donors (Lipinski definition) is 1. The fourth-order valence-electron chi connectivity index (χ4n) is 2.80. The van der Waals surface area contributed by atoms with Gasteiger partial charge in [-0.3, -0.25) is 4.79 Å². The van der Waals surface area contributed by atoms with Crippen molar-refractivity contribution in [1.29, 1.82) is 0 Å². The zero-order valence-electron chi connectivity index (χ0n) is 14.2. The van der Waals surface area contributed by atoms with Gasteiger partial charge in [-0.15, -0.1) is 11.3 Å². The molecule has 1 fully saturated rings. The highest BCUT2D eigenvalue weighted by molar-refractivity contribution is 7.91. The first-order valence-electron chi connectivity index (χ1n) is 8.30. The summed E-state index contributed by atoms with van der Waals surface area (Å²) in [5, 5.41) is 2.59. The maximum Gasteiger partial charge on any atom is 0.250 e. The zero-order valence-corrected chi connectivity index (χ0v) is 16.7. The Bertz CT molecular complexity index is 1010. The van der Waals surface area contributed by atoms with Crippen LogP contribution in [0, 0.1) is 0 Å². The minimum absolute atomic E-state index is 0.213. The molecule has 1 saturated heterocycles. The molecule has 0 atom stereocenters. The van der Waals surface area contributed by atoms with E-state index in [-0.39, 0.29) is 16.7 Å². The molecule has 0 saturated carbocycles. The van der Waals surface area contributed by atoms with Crippen LogP contribution < -0.4 is 9.62 Å². The topological polar surface area (TPSA) is 95.5 Å². The highest BCUT2D eigenvalue weighted by Crippen LogP contribution is 2.27. The van der Waals surface area contributed by atoms with Gasteiger partial charge in [-0.2, -0.15) is 0 Å². The second kappa shape index (κ2) is 7.50. The third-order valence-corrected chi connectivity index (χ3v) is 8.07. The van der Waals surface area contributed by atoms with Crippen molar-refractivity contribution in [2.45, 2.75) is 4.21 Å². The molecule has 3 aromatic rings. The second-order valence-electron chi connectivity index (χ2n) is 5.95. The number of amides is 1. The molecule has 1 N–H and O–H groups in total. The molecule has 8 nitrogen and oxygen atoms in total. The fourth-order valence-corrected chi connectivity index (χ4v) is 5.77. The van der Waals surface area contributed by atoms with Gasteiger partial charge in [0.15, 0.2) is 5.13 Å². The molecule has 0 unspecified atom stereocenters. The van der Waals surface area contributed by atoms with Gasteiger partial charge in [-0.25, -0.2) is 23.1 Å². The standard InChI is InChI=1S/C16H17N5O3S3/c22-13(11-18-27(23,24)14-4-2-10-25-14)20-6-8-21(9-7-20)16-19-12-3-1-5-17-15(12)26-16/h1-5,10,18H,6-9,11H2. The molecular formula is C16H17N5O3S3. The van der Waals surface area contributed by atoms with Crippen molar-refractivity contribution in [1.82, 2.24) is 19.6 Å². The van der Waals surface area contributed by atoms with Gasteiger partial charge in [0.1, 0.15) is 14.6 Å². The molecule has 0 aliphatic carbocycles. The minimum atomic E-state index is -3.62. The number of piperazine rings is 1. The molecular weight excluding hydrogens is 406 g/mol. The highest BCUT2D eigenvalue weighted by atomic mass is 32.2. The summed E-state index contributed by atoms with van der Waals surface area (Å²) >= 11 is 2.66. The monoisotopic (exact) mass is 423 g/mol. The van der Waals surface area contributed by atoms with E-state index in [0.717, 1.165) is 26.8 Å². The predicted molar refractivity (Wildman–Crippen MR) is 106 cm³/mol. The molecule has 27 heavy (non-hydrogen) atoms. The molecule has 0 aromatic carbocycles. The summed E-state index contributed by atoms with van der Waals surface area (Å²) in [7, 11) is -3.62. The molecule has 1 aliphatic heterocycles. The third-order valence-electron chi connectivity index (χ3n) is 4.23. The predicted octanol–water partition coefficient (Wildman–Crippen LogP) is 1.38. The number of nitrogens with zero attached hydrogens (tertiary/aromatic N) is 4. The number of thiophene rings is 1. The molecule has 3 aromatic heterocycles. The van der Waals surface area contributed by atoms with Crippen molar-refractivity contribution in [2.24, 2.45) is 0 Å². The molecule has 4 rings (SSSR count). The Kier molecular flexibility index (Phi) is 5.08. The molecule has 1 aliphatic rings. The Labute approximate surface area is 164 Å². The van der Waals surface area contributed by atoms with E-state index in [1.807, 2.05) is 12.1 Å². The average Bonchev–Trinajstić information content (AvgIpc) is 3.36. The van der Waals surface area contributed by atoms with Crippen LogP contribution >= 0.6 is 22.7 Å². The van der Waals surface area contributed by atoms with E-state index in [2.05, 4.69) is 19.6 Å². The summed E-state index contributed by atoms with van der Waals surface area (Å²) in [4.78, 5) is 26.0. The molecule has 11 heteroatoms. The first kappa shape index (κ1) is 18.3. The normalized spacial score (nSPS) is 15.4. The summed E-state index contributed by atoms with van der Waals surface area (Å²) in [6.07, 6.45) is 1.75. The number of carbonyl (C=O) groups is 1. The van der Waals surface area contributed by atoms with Gasteiger partial charge in [0.05, 0.1) is 6.54 Å². The van der Waals surface area contributed by atoms with Crippen LogP contribution in [-0.4, -0.2) is 61.9 Å². The number of anilines is 1. The molecule has 142 valence electrons. The first-order valence-corrected chi connectivity index (χ1v) is 11.5. The Hall–Kier alpha value is -2.08. The zero-order chi connectivity index (χ0) is 18.9. The van der Waals surface area contributed by atoms with Gasteiger partial charge in [0, 0.05) is 32.4 Å². The summed E-state index contributed by atoms with van der Waals surface area (Å²) in [6.45, 7) is 2.14. The van der Waals surface area contributed by atoms with Crippen LogP contribution in [0.4, 0.5) is 5.13 Å². The van der Waals surface area contributed by atoms with Crippen LogP contribution in [-0.2, 0) is 14.8 Å². The number of fused-ring (bicyclic) bond motifs is 1. The third kappa shape index (κ3) is 3.95. The van der Waals surface area contributed by atoms with Gasteiger partial charge < -0.3 is 9.80 Å². The fraction of sp³-hybridized carbons (Fsp3) is 0.312. The van der Waals surface area contributed by atoms with Gasteiger partial charge in [0.2, 0.25) is 5.91 Å². The number of rotatable bonds is 5. The Morgan fingerprint density at radius 2 is 2.00 bits per heavy atom. The molecule has 0 bridgehead atoms. The van der Waals surface area contributed by atoms with E-state index < -0.39 is 10.0 Å². The molecule has 0 radical (unpaired) electrons. The van der Waals surface area contributed by atoms with Crippen molar-refractivity contribution in [2.75, 3.05) is 37.6 Å². The highest BCUT2D eigenvalue weighted by Gasteiger charge is 2.24. The molecule has 1 amide bonds. The quantitative estimate of drug-likeness (QED) is 0.666. The van der Waals surface area contributed by atoms with Gasteiger partial charge in [0.25, 0.3) is 10.0 Å². The van der Waals surface area contributed by atoms with E-state index in [9.17, 15) is 13.2 Å². The summed E-state index contributed by atoms with van der Waals surface area (Å²) < 4.78 is 26.8. The van der Waals surface area contributed by atoms with E-state index >= 15 is 0 Å². The smallest absolute Gasteiger partial charge is 0.250 e. The maximum absolute atomic E-state index is 12.4. The van der Waals surface area contributed by atoms with Crippen LogP contribution in [0.1, 0.15) is 0 Å². The number of nitrogens with one attached hydrogen (secondary N) is 1. The number of sulfonamides is 1. The Morgan fingerprint density at radius 3 is 2.70 bits per heavy atom. The van der Waals surface area contributed by atoms with Crippen LogP contribution in [0.2, 0.25) is 0 Å². The number of aromatic nitrogens is 2. The largest absolute Gasteiger partial charge is 0.344 e. The van der Waals surface area contributed by atoms with Crippen molar-refractivity contribution in [3.05, 3.63) is 35.8 Å². The van der Waals surface area contributed by atoms with Crippen molar-refractivity contribution in [3.63, 3.8) is 0 Å². The SMILES string of the molecule is O=C(CNS(=O)(=O)c1cccs1)N1CCN(c2nc3cccnc3s2)CC1. The van der Waals surface area contributed by atoms with E-state index in [0.29, 0.717) is 26.2 Å². The van der Waals surface area contributed by atoms with Gasteiger partial charge >= 0.3 is 0 Å². The number of hydrogen-bond acceptors (Lipinski definition) is 8. The lowest BCUT2D eigenvalue weighted by atomic mass is 10.3. The van der Waals surface area contributed by atoms with E-state index in [1.165, 1.54) is 17.4 Å².